The molecular weight excluding hydrogens is 170 g/mol. The fourth-order valence-corrected chi connectivity index (χ4v) is 2.10. The van der Waals surface area contributed by atoms with E-state index in [1.807, 2.05) is 18.7 Å². The molecule has 0 radical (unpaired) electrons. The second-order valence-electron chi connectivity index (χ2n) is 4.20. The van der Waals surface area contributed by atoms with Gasteiger partial charge in [-0.25, -0.2) is 0 Å². The molecule has 1 rings (SSSR count). The third-order valence-electron chi connectivity index (χ3n) is 2.91. The molecule has 0 aromatic rings. The summed E-state index contributed by atoms with van der Waals surface area (Å²) in [4.78, 5) is 1.97. The predicted octanol–water partition coefficient (Wildman–Crippen LogP) is -0.815. The summed E-state index contributed by atoms with van der Waals surface area (Å²) in [5.41, 5.74) is -0.373. The van der Waals surface area contributed by atoms with Crippen LogP contribution in [0.3, 0.4) is 0 Å². The van der Waals surface area contributed by atoms with Crippen molar-refractivity contribution >= 4 is 0 Å². The maximum absolute atomic E-state index is 9.48. The van der Waals surface area contributed by atoms with Crippen molar-refractivity contribution in [2.24, 2.45) is 0 Å². The van der Waals surface area contributed by atoms with E-state index in [0.29, 0.717) is 13.0 Å². The zero-order valence-corrected chi connectivity index (χ0v) is 8.27. The fraction of sp³-hybridized carbons (Fsp3) is 1.00. The van der Waals surface area contributed by atoms with Crippen molar-refractivity contribution in [3.05, 3.63) is 0 Å². The number of nitrogens with zero attached hydrogens (tertiary/aromatic N) is 1. The lowest BCUT2D eigenvalue weighted by atomic mass is 9.98. The van der Waals surface area contributed by atoms with E-state index >= 15 is 0 Å². The summed E-state index contributed by atoms with van der Waals surface area (Å²) >= 11 is 0. The Balaban J connectivity index is 2.71. The Labute approximate surface area is 78.8 Å². The Morgan fingerprint density at radius 3 is 2.62 bits per heavy atom. The number of aliphatic hydroxyl groups is 3. The smallest absolute Gasteiger partial charge is 0.0685 e. The van der Waals surface area contributed by atoms with Gasteiger partial charge in [0.25, 0.3) is 0 Å². The van der Waals surface area contributed by atoms with Crippen LogP contribution in [0.5, 0.6) is 0 Å². The van der Waals surface area contributed by atoms with Crippen LogP contribution in [-0.4, -0.2) is 57.7 Å². The third-order valence-corrected chi connectivity index (χ3v) is 2.91. The standard InChI is InChI=1S/C9H19NO3/c1-7(5-11)10-4-8(13)3-9(10,2)6-12/h7-8,11-13H,3-6H2,1-2H3. The van der Waals surface area contributed by atoms with Crippen molar-refractivity contribution in [1.82, 2.24) is 4.90 Å². The quantitative estimate of drug-likeness (QED) is 0.543. The van der Waals surface area contributed by atoms with Crippen LogP contribution in [0.15, 0.2) is 0 Å². The molecule has 4 nitrogen and oxygen atoms in total. The lowest BCUT2D eigenvalue weighted by molar-refractivity contribution is 0.0291. The third kappa shape index (κ3) is 2.02. The van der Waals surface area contributed by atoms with Crippen LogP contribution in [0.4, 0.5) is 0 Å². The number of aliphatic hydroxyl groups excluding tert-OH is 3. The minimum absolute atomic E-state index is 0.00528. The lowest BCUT2D eigenvalue weighted by Gasteiger charge is -2.36. The Hall–Kier alpha value is -0.160. The van der Waals surface area contributed by atoms with Crippen LogP contribution in [0, 0.1) is 0 Å². The summed E-state index contributed by atoms with van der Waals surface area (Å²) in [5, 5.41) is 27.7. The van der Waals surface area contributed by atoms with Gasteiger partial charge >= 0.3 is 0 Å². The molecule has 0 amide bonds. The molecule has 0 bridgehead atoms. The molecule has 1 heterocycles. The summed E-state index contributed by atoms with van der Waals surface area (Å²) < 4.78 is 0. The molecule has 0 spiro atoms. The van der Waals surface area contributed by atoms with E-state index in [1.54, 1.807) is 0 Å². The van der Waals surface area contributed by atoms with Gasteiger partial charge in [-0.15, -0.1) is 0 Å². The first-order valence-electron chi connectivity index (χ1n) is 4.70. The van der Waals surface area contributed by atoms with Crippen LogP contribution in [-0.2, 0) is 0 Å². The van der Waals surface area contributed by atoms with Gasteiger partial charge in [0.15, 0.2) is 0 Å². The van der Waals surface area contributed by atoms with E-state index in [-0.39, 0.29) is 30.9 Å². The average molecular weight is 189 g/mol. The van der Waals surface area contributed by atoms with Crippen molar-refractivity contribution in [1.29, 1.82) is 0 Å². The van der Waals surface area contributed by atoms with Gasteiger partial charge < -0.3 is 15.3 Å². The van der Waals surface area contributed by atoms with Crippen LogP contribution in [0.1, 0.15) is 20.3 Å². The molecule has 0 aromatic heterocycles. The molecule has 78 valence electrons. The summed E-state index contributed by atoms with van der Waals surface area (Å²) in [6.45, 7) is 4.43. The summed E-state index contributed by atoms with van der Waals surface area (Å²) in [6, 6.07) is -0.00528. The minimum Gasteiger partial charge on any atom is -0.395 e. The van der Waals surface area contributed by atoms with E-state index in [9.17, 15) is 10.2 Å². The van der Waals surface area contributed by atoms with Gasteiger partial charge in [0.2, 0.25) is 0 Å². The van der Waals surface area contributed by atoms with Gasteiger partial charge in [0, 0.05) is 18.1 Å². The highest BCUT2D eigenvalue weighted by atomic mass is 16.3. The fourth-order valence-electron chi connectivity index (χ4n) is 2.10. The van der Waals surface area contributed by atoms with Gasteiger partial charge in [0.05, 0.1) is 19.3 Å². The summed E-state index contributed by atoms with van der Waals surface area (Å²) in [6.07, 6.45) is 0.194. The molecule has 1 aliphatic rings. The van der Waals surface area contributed by atoms with Crippen molar-refractivity contribution in [2.75, 3.05) is 19.8 Å². The zero-order chi connectivity index (χ0) is 10.1. The molecule has 1 saturated heterocycles. The highest BCUT2D eigenvalue weighted by molar-refractivity contribution is 4.97. The molecule has 3 atom stereocenters. The van der Waals surface area contributed by atoms with E-state index in [0.717, 1.165) is 0 Å². The number of hydrogen-bond acceptors (Lipinski definition) is 4. The zero-order valence-electron chi connectivity index (χ0n) is 8.27. The Morgan fingerprint density at radius 1 is 1.54 bits per heavy atom. The second kappa shape index (κ2) is 3.92. The van der Waals surface area contributed by atoms with E-state index < -0.39 is 0 Å². The van der Waals surface area contributed by atoms with E-state index in [2.05, 4.69) is 0 Å². The first kappa shape index (κ1) is 10.9. The van der Waals surface area contributed by atoms with Crippen molar-refractivity contribution in [3.63, 3.8) is 0 Å². The normalized spacial score (nSPS) is 38.1. The van der Waals surface area contributed by atoms with Gasteiger partial charge in [-0.05, 0) is 20.3 Å². The monoisotopic (exact) mass is 189 g/mol. The molecule has 1 aliphatic heterocycles. The number of β-amino-alcohol motifs (C(OH)–C–C–N with tert-alkyl or cyclic N) is 1. The first-order chi connectivity index (χ1) is 6.03. The van der Waals surface area contributed by atoms with Gasteiger partial charge in [-0.1, -0.05) is 0 Å². The molecule has 0 aromatic carbocycles. The number of rotatable bonds is 3. The predicted molar refractivity (Wildman–Crippen MR) is 49.4 cm³/mol. The molecule has 3 unspecified atom stereocenters. The molecule has 4 heteroatoms. The molecule has 0 aliphatic carbocycles. The van der Waals surface area contributed by atoms with Crippen LogP contribution >= 0.6 is 0 Å². The van der Waals surface area contributed by atoms with Gasteiger partial charge in [0.1, 0.15) is 0 Å². The van der Waals surface area contributed by atoms with Crippen LogP contribution in [0.2, 0.25) is 0 Å². The largest absolute Gasteiger partial charge is 0.395 e. The summed E-state index contributed by atoms with van der Waals surface area (Å²) in [5.74, 6) is 0. The Morgan fingerprint density at radius 2 is 2.15 bits per heavy atom. The van der Waals surface area contributed by atoms with Crippen molar-refractivity contribution in [2.45, 2.75) is 38.0 Å². The SMILES string of the molecule is CC(CO)N1CC(O)CC1(C)CO. The lowest BCUT2D eigenvalue weighted by Crippen LogP contribution is -2.50. The molecule has 13 heavy (non-hydrogen) atoms. The van der Waals surface area contributed by atoms with Crippen LogP contribution < -0.4 is 0 Å². The van der Waals surface area contributed by atoms with E-state index in [4.69, 9.17) is 5.11 Å². The molecular formula is C9H19NO3. The molecule has 1 fully saturated rings. The summed E-state index contributed by atoms with van der Waals surface area (Å²) in [7, 11) is 0. The molecule has 0 saturated carbocycles. The van der Waals surface area contributed by atoms with Gasteiger partial charge in [-0.2, -0.15) is 0 Å². The van der Waals surface area contributed by atoms with Crippen molar-refractivity contribution < 1.29 is 15.3 Å². The first-order valence-corrected chi connectivity index (χ1v) is 4.70. The minimum atomic E-state index is -0.383. The second-order valence-corrected chi connectivity index (χ2v) is 4.20. The van der Waals surface area contributed by atoms with E-state index in [1.165, 1.54) is 0 Å². The van der Waals surface area contributed by atoms with Gasteiger partial charge in [-0.3, -0.25) is 4.90 Å². The highest BCUT2D eigenvalue weighted by Crippen LogP contribution is 2.30. The topological polar surface area (TPSA) is 63.9 Å². The maximum Gasteiger partial charge on any atom is 0.0685 e. The van der Waals surface area contributed by atoms with Crippen LogP contribution in [0.25, 0.3) is 0 Å². The highest BCUT2D eigenvalue weighted by Gasteiger charge is 2.42. The maximum atomic E-state index is 9.48. The molecule has 3 N–H and O–H groups in total. The van der Waals surface area contributed by atoms with Crippen molar-refractivity contribution in [3.8, 4) is 0 Å². The average Bonchev–Trinajstić information content (AvgIpc) is 2.41. The Kier molecular flexibility index (Phi) is 3.29. The number of likely N-dealkylation sites (tertiary alicyclic amines) is 1. The number of hydrogen-bond donors (Lipinski definition) is 3. The Bertz CT molecular complexity index is 176.